The third-order valence-corrected chi connectivity index (χ3v) is 12.4. The van der Waals surface area contributed by atoms with E-state index in [1.54, 1.807) is 0 Å². The number of fused-ring (bicyclic) bond motifs is 2. The molecule has 1 aliphatic heterocycles. The van der Waals surface area contributed by atoms with Gasteiger partial charge < -0.3 is 9.84 Å². The number of carbonyl (C=O) groups excluding carboxylic acids is 1. The fourth-order valence-electron chi connectivity index (χ4n) is 10.4. The molecule has 0 aromatic rings. The number of cyclic esters (lactones) is 1. The van der Waals surface area contributed by atoms with Gasteiger partial charge in [0.25, 0.3) is 0 Å². The zero-order valence-electron chi connectivity index (χ0n) is 21.9. The van der Waals surface area contributed by atoms with Crippen LogP contribution >= 0.6 is 0 Å². The smallest absolute Gasteiger partial charge is 0.333 e. The average Bonchev–Trinajstić information content (AvgIpc) is 3.37. The number of hydrogen-bond acceptors (Lipinski definition) is 3. The van der Waals surface area contributed by atoms with Crippen LogP contribution in [0.1, 0.15) is 98.8 Å². The fraction of sp³-hybridized carbons (Fsp3) is 0.800. The number of ether oxygens (including phenoxy) is 1. The summed E-state index contributed by atoms with van der Waals surface area (Å²) in [6.45, 7) is 15.8. The lowest BCUT2D eigenvalue weighted by atomic mass is 9.43. The molecule has 4 nitrogen and oxygen atoms in total. The molecule has 4 saturated carbocycles. The summed E-state index contributed by atoms with van der Waals surface area (Å²) in [5, 5.41) is 9.53. The van der Waals surface area contributed by atoms with Crippen molar-refractivity contribution in [2.75, 3.05) is 0 Å². The first-order valence-electron chi connectivity index (χ1n) is 13.7. The van der Waals surface area contributed by atoms with E-state index in [1.807, 2.05) is 6.92 Å². The predicted octanol–water partition coefficient (Wildman–Crippen LogP) is 6.94. The van der Waals surface area contributed by atoms with Gasteiger partial charge in [-0.15, -0.1) is 0 Å². The zero-order chi connectivity index (χ0) is 24.7. The SMILES string of the molecule is C=C(C)C1CCC2C3(C)CCC(C(C)C4CC=C(C)C(=O)O4)C3(C)CCC23CC13CCC(=O)O. The highest BCUT2D eigenvalue weighted by atomic mass is 16.5. The molecule has 4 aliphatic carbocycles. The van der Waals surface area contributed by atoms with Crippen LogP contribution in [0.2, 0.25) is 0 Å². The van der Waals surface area contributed by atoms with Gasteiger partial charge in [0.1, 0.15) is 6.10 Å². The van der Waals surface area contributed by atoms with Gasteiger partial charge in [-0.3, -0.25) is 4.79 Å². The molecule has 0 radical (unpaired) electrons. The van der Waals surface area contributed by atoms with Crippen LogP contribution in [0.25, 0.3) is 0 Å². The number of aliphatic carboxylic acids is 1. The minimum absolute atomic E-state index is 0.00834. The topological polar surface area (TPSA) is 63.6 Å². The largest absolute Gasteiger partial charge is 0.481 e. The number of hydrogen-bond donors (Lipinski definition) is 1. The van der Waals surface area contributed by atoms with Crippen molar-refractivity contribution in [1.29, 1.82) is 0 Å². The van der Waals surface area contributed by atoms with Crippen molar-refractivity contribution in [3.05, 3.63) is 23.8 Å². The summed E-state index contributed by atoms with van der Waals surface area (Å²) in [5.41, 5.74) is 2.95. The van der Waals surface area contributed by atoms with E-state index in [0.717, 1.165) is 24.8 Å². The number of rotatable bonds is 6. The predicted molar refractivity (Wildman–Crippen MR) is 133 cm³/mol. The molecule has 0 aromatic heterocycles. The van der Waals surface area contributed by atoms with Gasteiger partial charge in [0, 0.05) is 18.4 Å². The van der Waals surface area contributed by atoms with Crippen molar-refractivity contribution in [3.8, 4) is 0 Å². The minimum Gasteiger partial charge on any atom is -0.481 e. The maximum atomic E-state index is 12.3. The Morgan fingerprint density at radius 2 is 1.94 bits per heavy atom. The number of esters is 1. The van der Waals surface area contributed by atoms with Gasteiger partial charge in [0.2, 0.25) is 0 Å². The first-order chi connectivity index (χ1) is 15.9. The van der Waals surface area contributed by atoms with E-state index >= 15 is 0 Å². The van der Waals surface area contributed by atoms with Crippen LogP contribution in [-0.4, -0.2) is 23.1 Å². The van der Waals surface area contributed by atoms with E-state index in [1.165, 1.54) is 44.1 Å². The maximum absolute atomic E-state index is 12.3. The van der Waals surface area contributed by atoms with Gasteiger partial charge in [-0.1, -0.05) is 39.0 Å². The van der Waals surface area contributed by atoms with Crippen LogP contribution in [0.5, 0.6) is 0 Å². The van der Waals surface area contributed by atoms with Crippen LogP contribution in [0.4, 0.5) is 0 Å². The quantitative estimate of drug-likeness (QED) is 0.339. The van der Waals surface area contributed by atoms with E-state index in [-0.39, 0.29) is 34.7 Å². The van der Waals surface area contributed by atoms with Crippen LogP contribution in [0, 0.1) is 45.3 Å². The summed E-state index contributed by atoms with van der Waals surface area (Å²) < 4.78 is 5.90. The lowest BCUT2D eigenvalue weighted by Crippen LogP contribution is -2.55. The Labute approximate surface area is 205 Å². The van der Waals surface area contributed by atoms with Crippen molar-refractivity contribution < 1.29 is 19.4 Å². The molecule has 0 saturated heterocycles. The standard InChI is InChI=1S/C30H44O4/c1-18(2)21-8-10-24-28(6)13-11-22(20(4)23-9-7-19(3)26(33)34-23)27(28,5)15-16-30(24)17-29(21,30)14-12-25(31)32/h7,20-24H,1,8-17H2,2-6H3,(H,31,32). The summed E-state index contributed by atoms with van der Waals surface area (Å²) in [4.78, 5) is 23.9. The molecule has 188 valence electrons. The van der Waals surface area contributed by atoms with Gasteiger partial charge in [0.15, 0.2) is 0 Å². The van der Waals surface area contributed by atoms with Crippen molar-refractivity contribution in [1.82, 2.24) is 0 Å². The van der Waals surface area contributed by atoms with Gasteiger partial charge in [-0.2, -0.15) is 0 Å². The third kappa shape index (κ3) is 3.02. The summed E-state index contributed by atoms with van der Waals surface area (Å²) in [6.07, 6.45) is 12.5. The molecule has 5 aliphatic rings. The van der Waals surface area contributed by atoms with Gasteiger partial charge in [0.05, 0.1) is 0 Å². The second-order valence-electron chi connectivity index (χ2n) is 13.3. The van der Waals surface area contributed by atoms with E-state index in [4.69, 9.17) is 4.74 Å². The molecule has 5 rings (SSSR count). The van der Waals surface area contributed by atoms with Crippen LogP contribution in [0.15, 0.2) is 23.8 Å². The van der Waals surface area contributed by atoms with Crippen LogP contribution in [0.3, 0.4) is 0 Å². The Balaban J connectivity index is 1.43. The van der Waals surface area contributed by atoms with Crippen LogP contribution < -0.4 is 0 Å². The summed E-state index contributed by atoms with van der Waals surface area (Å²) >= 11 is 0. The number of carboxylic acids is 1. The molecule has 1 N–H and O–H groups in total. The summed E-state index contributed by atoms with van der Waals surface area (Å²) in [7, 11) is 0. The minimum atomic E-state index is -0.660. The van der Waals surface area contributed by atoms with E-state index in [2.05, 4.69) is 40.3 Å². The average molecular weight is 469 g/mol. The first-order valence-corrected chi connectivity index (χ1v) is 13.7. The molecule has 1 heterocycles. The lowest BCUT2D eigenvalue weighted by molar-refractivity contribution is -0.155. The van der Waals surface area contributed by atoms with Crippen molar-refractivity contribution in [2.45, 2.75) is 105 Å². The molecule has 4 fully saturated rings. The summed E-state index contributed by atoms with van der Waals surface area (Å²) in [5.74, 6) is 1.26. The van der Waals surface area contributed by atoms with Gasteiger partial charge in [-0.25, -0.2) is 4.79 Å². The Morgan fingerprint density at radius 3 is 2.59 bits per heavy atom. The molecule has 4 heteroatoms. The monoisotopic (exact) mass is 468 g/mol. The number of carbonyl (C=O) groups is 2. The Kier molecular flexibility index (Phi) is 5.47. The zero-order valence-corrected chi connectivity index (χ0v) is 21.9. The Hall–Kier alpha value is -1.58. The second kappa shape index (κ2) is 7.71. The van der Waals surface area contributed by atoms with Crippen molar-refractivity contribution in [3.63, 3.8) is 0 Å². The lowest BCUT2D eigenvalue weighted by Gasteiger charge is -2.61. The normalized spacial score (nSPS) is 48.0. The van der Waals surface area contributed by atoms with E-state index < -0.39 is 5.97 Å². The molecular weight excluding hydrogens is 424 g/mol. The highest BCUT2D eigenvalue weighted by molar-refractivity contribution is 5.88. The third-order valence-electron chi connectivity index (χ3n) is 12.4. The van der Waals surface area contributed by atoms with E-state index in [9.17, 15) is 14.7 Å². The van der Waals surface area contributed by atoms with Crippen molar-refractivity contribution in [2.24, 2.45) is 45.3 Å². The number of carboxylic acid groups (broad SMARTS) is 1. The summed E-state index contributed by atoms with van der Waals surface area (Å²) in [6, 6.07) is 0. The molecule has 1 spiro atoms. The molecule has 9 atom stereocenters. The highest BCUT2D eigenvalue weighted by Gasteiger charge is 2.80. The number of allylic oxidation sites excluding steroid dienone is 1. The fourth-order valence-corrected chi connectivity index (χ4v) is 10.4. The first kappa shape index (κ1) is 24.1. The van der Waals surface area contributed by atoms with E-state index in [0.29, 0.717) is 29.1 Å². The maximum Gasteiger partial charge on any atom is 0.333 e. The molecule has 0 aromatic carbocycles. The molecular formula is C30H44O4. The van der Waals surface area contributed by atoms with Crippen molar-refractivity contribution >= 4 is 11.9 Å². The second-order valence-corrected chi connectivity index (χ2v) is 13.3. The Morgan fingerprint density at radius 1 is 1.21 bits per heavy atom. The van der Waals surface area contributed by atoms with Gasteiger partial charge in [-0.05, 0) is 111 Å². The molecule has 0 amide bonds. The Bertz CT molecular complexity index is 949. The molecule has 0 bridgehead atoms. The molecule has 9 unspecified atom stereocenters. The van der Waals surface area contributed by atoms with Gasteiger partial charge >= 0.3 is 11.9 Å². The molecule has 34 heavy (non-hydrogen) atoms. The van der Waals surface area contributed by atoms with Crippen LogP contribution in [-0.2, 0) is 14.3 Å². The highest BCUT2D eigenvalue weighted by Crippen LogP contribution is 2.87.